The first-order chi connectivity index (χ1) is 8.52. The second-order valence-electron chi connectivity index (χ2n) is 3.42. The van der Waals surface area contributed by atoms with Gasteiger partial charge in [-0.1, -0.05) is 29.3 Å². The Morgan fingerprint density at radius 2 is 2.06 bits per heavy atom. The van der Waals surface area contributed by atoms with Crippen molar-refractivity contribution in [1.82, 2.24) is 0 Å². The fourth-order valence-electron chi connectivity index (χ4n) is 1.10. The maximum absolute atomic E-state index is 10.5. The van der Waals surface area contributed by atoms with Crippen LogP contribution in [-0.2, 0) is 4.79 Å². The summed E-state index contributed by atoms with van der Waals surface area (Å²) in [5.41, 5.74) is 5.35. The number of ether oxygens (including phenoxy) is 1. The molecule has 0 spiro atoms. The molecule has 0 heterocycles. The minimum atomic E-state index is -1.00. The van der Waals surface area contributed by atoms with Gasteiger partial charge in [-0.2, -0.15) is 11.8 Å². The minimum Gasteiger partial charge on any atom is -0.490 e. The molecule has 0 saturated heterocycles. The lowest BCUT2D eigenvalue weighted by Crippen LogP contribution is -2.32. The Labute approximate surface area is 119 Å². The molecule has 1 aromatic rings. The first-order valence-corrected chi connectivity index (χ1v) is 7.06. The van der Waals surface area contributed by atoms with Crippen LogP contribution >= 0.6 is 35.0 Å². The van der Waals surface area contributed by atoms with Crippen molar-refractivity contribution < 1.29 is 14.6 Å². The molecule has 0 fully saturated rings. The molecule has 1 aromatic carbocycles. The third-order valence-corrected chi connectivity index (χ3v) is 3.65. The molecule has 100 valence electrons. The van der Waals surface area contributed by atoms with Crippen molar-refractivity contribution in [2.24, 2.45) is 5.73 Å². The lowest BCUT2D eigenvalue weighted by atomic mass is 10.3. The van der Waals surface area contributed by atoms with Crippen LogP contribution in [0, 0.1) is 0 Å². The second-order valence-corrected chi connectivity index (χ2v) is 5.38. The highest BCUT2D eigenvalue weighted by Crippen LogP contribution is 2.32. The van der Waals surface area contributed by atoms with E-state index in [-0.39, 0.29) is 0 Å². The SMILES string of the molecule is N[C@H](CSCCOc1c(Cl)cccc1Cl)C(=O)O. The van der Waals surface area contributed by atoms with E-state index in [0.717, 1.165) is 0 Å². The molecule has 0 amide bonds. The highest BCUT2D eigenvalue weighted by atomic mass is 35.5. The van der Waals surface area contributed by atoms with Crippen molar-refractivity contribution in [2.45, 2.75) is 6.04 Å². The van der Waals surface area contributed by atoms with Gasteiger partial charge in [-0.15, -0.1) is 0 Å². The summed E-state index contributed by atoms with van der Waals surface area (Å²) in [5, 5.41) is 9.49. The zero-order valence-electron chi connectivity index (χ0n) is 9.44. The lowest BCUT2D eigenvalue weighted by Gasteiger charge is -2.10. The monoisotopic (exact) mass is 309 g/mol. The fraction of sp³-hybridized carbons (Fsp3) is 0.364. The van der Waals surface area contributed by atoms with E-state index in [2.05, 4.69) is 0 Å². The lowest BCUT2D eigenvalue weighted by molar-refractivity contribution is -0.137. The van der Waals surface area contributed by atoms with Crippen molar-refractivity contribution in [2.75, 3.05) is 18.1 Å². The number of carbonyl (C=O) groups is 1. The van der Waals surface area contributed by atoms with Crippen molar-refractivity contribution in [3.05, 3.63) is 28.2 Å². The van der Waals surface area contributed by atoms with Gasteiger partial charge in [-0.3, -0.25) is 4.79 Å². The number of hydrogen-bond donors (Lipinski definition) is 2. The third kappa shape index (κ3) is 4.94. The number of para-hydroxylation sites is 1. The highest BCUT2D eigenvalue weighted by Gasteiger charge is 2.11. The molecule has 0 aliphatic rings. The second kappa shape index (κ2) is 7.74. The first kappa shape index (κ1) is 15.4. The number of nitrogens with two attached hydrogens (primary N) is 1. The molecule has 0 aromatic heterocycles. The van der Waals surface area contributed by atoms with Crippen LogP contribution < -0.4 is 10.5 Å². The van der Waals surface area contributed by atoms with E-state index >= 15 is 0 Å². The van der Waals surface area contributed by atoms with Crippen LogP contribution in [0.25, 0.3) is 0 Å². The number of benzene rings is 1. The Morgan fingerprint density at radius 1 is 1.44 bits per heavy atom. The van der Waals surface area contributed by atoms with Crippen LogP contribution in [0.3, 0.4) is 0 Å². The highest BCUT2D eigenvalue weighted by molar-refractivity contribution is 7.99. The van der Waals surface area contributed by atoms with E-state index in [1.807, 2.05) is 0 Å². The van der Waals surface area contributed by atoms with Crippen LogP contribution in [0.15, 0.2) is 18.2 Å². The van der Waals surface area contributed by atoms with Crippen molar-refractivity contribution in [3.8, 4) is 5.75 Å². The van der Waals surface area contributed by atoms with Gasteiger partial charge in [-0.25, -0.2) is 0 Å². The van der Waals surface area contributed by atoms with E-state index in [9.17, 15) is 4.79 Å². The third-order valence-electron chi connectivity index (χ3n) is 2.01. The molecule has 18 heavy (non-hydrogen) atoms. The smallest absolute Gasteiger partial charge is 0.321 e. The Hall–Kier alpha value is -0.620. The minimum absolute atomic E-state index is 0.342. The molecule has 1 atom stereocenters. The Bertz CT molecular complexity index is 397. The molecule has 0 unspecified atom stereocenters. The number of aliphatic carboxylic acids is 1. The van der Waals surface area contributed by atoms with Gasteiger partial charge in [0.15, 0.2) is 5.75 Å². The molecule has 0 saturated carbocycles. The van der Waals surface area contributed by atoms with Gasteiger partial charge in [0.1, 0.15) is 6.04 Å². The molecule has 0 bridgehead atoms. The van der Waals surface area contributed by atoms with E-state index in [1.54, 1.807) is 18.2 Å². The van der Waals surface area contributed by atoms with Crippen LogP contribution in [0.1, 0.15) is 0 Å². The molecule has 3 N–H and O–H groups in total. The summed E-state index contributed by atoms with van der Waals surface area (Å²) in [6.07, 6.45) is 0. The number of carboxylic acid groups (broad SMARTS) is 1. The Morgan fingerprint density at radius 3 is 2.61 bits per heavy atom. The average Bonchev–Trinajstić information content (AvgIpc) is 2.31. The summed E-state index contributed by atoms with van der Waals surface area (Å²) in [6.45, 7) is 0.389. The van der Waals surface area contributed by atoms with Crippen molar-refractivity contribution in [3.63, 3.8) is 0 Å². The van der Waals surface area contributed by atoms with E-state index in [0.29, 0.717) is 33.9 Å². The number of rotatable bonds is 7. The predicted molar refractivity (Wildman–Crippen MR) is 74.9 cm³/mol. The molecule has 7 heteroatoms. The van der Waals surface area contributed by atoms with Crippen molar-refractivity contribution >= 4 is 40.9 Å². The van der Waals surface area contributed by atoms with Crippen LogP contribution in [0.2, 0.25) is 10.0 Å². The maximum atomic E-state index is 10.5. The number of thioether (sulfide) groups is 1. The van der Waals surface area contributed by atoms with Gasteiger partial charge in [0, 0.05) is 11.5 Å². The number of carboxylic acids is 1. The average molecular weight is 310 g/mol. The summed E-state index contributed by atoms with van der Waals surface area (Å²) in [6, 6.07) is 4.27. The van der Waals surface area contributed by atoms with Crippen LogP contribution in [0.4, 0.5) is 0 Å². The fourth-order valence-corrected chi connectivity index (χ4v) is 2.38. The zero-order valence-corrected chi connectivity index (χ0v) is 11.8. The quantitative estimate of drug-likeness (QED) is 0.757. The van der Waals surface area contributed by atoms with E-state index < -0.39 is 12.0 Å². The summed E-state index contributed by atoms with van der Waals surface area (Å²) >= 11 is 13.2. The van der Waals surface area contributed by atoms with Gasteiger partial charge < -0.3 is 15.6 Å². The number of halogens is 2. The first-order valence-electron chi connectivity index (χ1n) is 5.15. The van der Waals surface area contributed by atoms with E-state index in [4.69, 9.17) is 38.8 Å². The van der Waals surface area contributed by atoms with Gasteiger partial charge in [0.05, 0.1) is 16.7 Å². The van der Waals surface area contributed by atoms with Gasteiger partial charge in [0.25, 0.3) is 0 Å². The Kier molecular flexibility index (Phi) is 6.63. The standard InChI is InChI=1S/C11H13Cl2NO3S/c12-7-2-1-3-8(13)10(7)17-4-5-18-6-9(14)11(15)16/h1-3,9H,4-6,14H2,(H,15,16)/t9-/m1/s1. The normalized spacial score (nSPS) is 12.2. The molecular formula is C11H13Cl2NO3S. The summed E-state index contributed by atoms with van der Waals surface area (Å²) < 4.78 is 5.44. The van der Waals surface area contributed by atoms with E-state index in [1.165, 1.54) is 11.8 Å². The van der Waals surface area contributed by atoms with Crippen LogP contribution in [0.5, 0.6) is 5.75 Å². The van der Waals surface area contributed by atoms with Gasteiger partial charge in [0.2, 0.25) is 0 Å². The van der Waals surface area contributed by atoms with Crippen LogP contribution in [-0.4, -0.2) is 35.2 Å². The predicted octanol–water partition coefficient (Wildman–Crippen LogP) is 2.52. The zero-order chi connectivity index (χ0) is 13.5. The van der Waals surface area contributed by atoms with Gasteiger partial charge in [-0.05, 0) is 12.1 Å². The summed E-state index contributed by atoms with van der Waals surface area (Å²) in [7, 11) is 0. The molecule has 4 nitrogen and oxygen atoms in total. The molecule has 0 aliphatic heterocycles. The largest absolute Gasteiger partial charge is 0.490 e. The molecule has 0 aliphatic carbocycles. The molecule has 0 radical (unpaired) electrons. The molecule has 1 rings (SSSR count). The maximum Gasteiger partial charge on any atom is 0.321 e. The topological polar surface area (TPSA) is 72.5 Å². The van der Waals surface area contributed by atoms with Crippen molar-refractivity contribution in [1.29, 1.82) is 0 Å². The Balaban J connectivity index is 2.28. The molecular weight excluding hydrogens is 297 g/mol. The number of hydrogen-bond acceptors (Lipinski definition) is 4. The van der Waals surface area contributed by atoms with Gasteiger partial charge >= 0.3 is 5.97 Å². The summed E-state index contributed by atoms with van der Waals surface area (Å²) in [4.78, 5) is 10.5. The summed E-state index contributed by atoms with van der Waals surface area (Å²) in [5.74, 6) is 0.402.